The summed E-state index contributed by atoms with van der Waals surface area (Å²) >= 11 is 0. The lowest BCUT2D eigenvalue weighted by atomic mass is 9.98. The molecule has 1 aliphatic carbocycles. The molecule has 0 aliphatic heterocycles. The van der Waals surface area contributed by atoms with Crippen molar-refractivity contribution in [2.45, 2.75) is 40.0 Å². The van der Waals surface area contributed by atoms with Crippen LogP contribution in [0.25, 0.3) is 0 Å². The summed E-state index contributed by atoms with van der Waals surface area (Å²) in [6, 6.07) is 0. The minimum Gasteiger partial charge on any atom is -0.381 e. The van der Waals surface area contributed by atoms with E-state index in [4.69, 9.17) is 4.74 Å². The molecule has 1 atom stereocenters. The van der Waals surface area contributed by atoms with Crippen LogP contribution >= 0.6 is 0 Å². The van der Waals surface area contributed by atoms with Crippen LogP contribution in [0.15, 0.2) is 0 Å². The molecular formula is C13H27NO. The van der Waals surface area contributed by atoms with Crippen molar-refractivity contribution >= 4 is 0 Å². The molecule has 0 aromatic heterocycles. The largest absolute Gasteiger partial charge is 0.381 e. The van der Waals surface area contributed by atoms with E-state index in [1.54, 1.807) is 0 Å². The van der Waals surface area contributed by atoms with Crippen LogP contribution in [0, 0.1) is 17.8 Å². The highest BCUT2D eigenvalue weighted by molar-refractivity contribution is 4.72. The molecule has 0 saturated heterocycles. The summed E-state index contributed by atoms with van der Waals surface area (Å²) in [5, 5.41) is 3.43. The summed E-state index contributed by atoms with van der Waals surface area (Å²) in [6.07, 6.45) is 4.06. The summed E-state index contributed by atoms with van der Waals surface area (Å²) in [5.74, 6) is 2.37. The summed E-state index contributed by atoms with van der Waals surface area (Å²) < 4.78 is 5.78. The normalized spacial score (nSPS) is 18.4. The number of hydrogen-bond acceptors (Lipinski definition) is 2. The quantitative estimate of drug-likeness (QED) is 0.636. The van der Waals surface area contributed by atoms with Gasteiger partial charge in [0.05, 0.1) is 6.61 Å². The fourth-order valence-electron chi connectivity index (χ4n) is 1.91. The van der Waals surface area contributed by atoms with E-state index in [0.29, 0.717) is 5.92 Å². The zero-order valence-electron chi connectivity index (χ0n) is 10.6. The van der Waals surface area contributed by atoms with Gasteiger partial charge >= 0.3 is 0 Å². The van der Waals surface area contributed by atoms with Crippen LogP contribution in [-0.2, 0) is 4.74 Å². The summed E-state index contributed by atoms with van der Waals surface area (Å²) in [7, 11) is 0. The summed E-state index contributed by atoms with van der Waals surface area (Å²) in [4.78, 5) is 0. The van der Waals surface area contributed by atoms with E-state index in [0.717, 1.165) is 38.1 Å². The van der Waals surface area contributed by atoms with Gasteiger partial charge in [0.2, 0.25) is 0 Å². The predicted molar refractivity (Wildman–Crippen MR) is 65.0 cm³/mol. The molecule has 90 valence electrons. The van der Waals surface area contributed by atoms with Gasteiger partial charge in [0.15, 0.2) is 0 Å². The average molecular weight is 213 g/mol. The van der Waals surface area contributed by atoms with Gasteiger partial charge in [0, 0.05) is 13.2 Å². The maximum absolute atomic E-state index is 5.78. The van der Waals surface area contributed by atoms with Crippen LogP contribution in [-0.4, -0.2) is 26.3 Å². The van der Waals surface area contributed by atoms with Gasteiger partial charge in [-0.15, -0.1) is 0 Å². The van der Waals surface area contributed by atoms with Crippen molar-refractivity contribution in [3.63, 3.8) is 0 Å². The van der Waals surface area contributed by atoms with E-state index in [-0.39, 0.29) is 0 Å². The molecule has 1 unspecified atom stereocenters. The first-order valence-corrected chi connectivity index (χ1v) is 6.50. The first-order valence-electron chi connectivity index (χ1n) is 6.50. The van der Waals surface area contributed by atoms with Crippen molar-refractivity contribution in [3.8, 4) is 0 Å². The Balaban J connectivity index is 2.08. The van der Waals surface area contributed by atoms with E-state index in [1.165, 1.54) is 19.3 Å². The van der Waals surface area contributed by atoms with Gasteiger partial charge < -0.3 is 10.1 Å². The zero-order chi connectivity index (χ0) is 11.1. The molecule has 0 spiro atoms. The third kappa shape index (κ3) is 6.91. The monoisotopic (exact) mass is 213 g/mol. The highest BCUT2D eigenvalue weighted by Crippen LogP contribution is 2.29. The number of rotatable bonds is 9. The molecule has 2 nitrogen and oxygen atoms in total. The van der Waals surface area contributed by atoms with Gasteiger partial charge in [-0.3, -0.25) is 0 Å². The number of ether oxygens (including phenoxy) is 1. The Hall–Kier alpha value is -0.0800. The molecule has 0 aromatic carbocycles. The molecule has 1 fully saturated rings. The minimum atomic E-state index is 0.698. The maximum Gasteiger partial charge on any atom is 0.0506 e. The van der Waals surface area contributed by atoms with Crippen LogP contribution in [0.4, 0.5) is 0 Å². The molecule has 0 amide bonds. The van der Waals surface area contributed by atoms with Crippen molar-refractivity contribution in [2.75, 3.05) is 26.3 Å². The fraction of sp³-hybridized carbons (Fsp3) is 1.00. The number of nitrogens with one attached hydrogen (secondary N) is 1. The molecule has 1 rings (SSSR count). The van der Waals surface area contributed by atoms with Gasteiger partial charge in [-0.1, -0.05) is 20.8 Å². The molecule has 0 bridgehead atoms. The van der Waals surface area contributed by atoms with Gasteiger partial charge in [-0.25, -0.2) is 0 Å². The molecule has 2 heteroatoms. The number of hydrogen-bond donors (Lipinski definition) is 1. The third-order valence-electron chi connectivity index (χ3n) is 2.89. The highest BCUT2D eigenvalue weighted by atomic mass is 16.5. The standard InChI is InChI=1S/C13H27NO/c1-4-14-8-13(7-11(2)3)10-15-9-12-5-6-12/h11-14H,4-10H2,1-3H3. The van der Waals surface area contributed by atoms with Crippen LogP contribution in [0.3, 0.4) is 0 Å². The zero-order valence-corrected chi connectivity index (χ0v) is 10.6. The third-order valence-corrected chi connectivity index (χ3v) is 2.89. The van der Waals surface area contributed by atoms with E-state index < -0.39 is 0 Å². The fourth-order valence-corrected chi connectivity index (χ4v) is 1.91. The Labute approximate surface area is 94.8 Å². The molecule has 15 heavy (non-hydrogen) atoms. The molecule has 0 radical (unpaired) electrons. The average Bonchev–Trinajstić information content (AvgIpc) is 2.97. The molecule has 1 saturated carbocycles. The van der Waals surface area contributed by atoms with E-state index in [9.17, 15) is 0 Å². The Morgan fingerprint density at radius 2 is 2.07 bits per heavy atom. The Morgan fingerprint density at radius 3 is 2.60 bits per heavy atom. The minimum absolute atomic E-state index is 0.698. The SMILES string of the molecule is CCNCC(COCC1CC1)CC(C)C. The van der Waals surface area contributed by atoms with Gasteiger partial charge in [0.1, 0.15) is 0 Å². The summed E-state index contributed by atoms with van der Waals surface area (Å²) in [6.45, 7) is 10.9. The molecule has 0 aromatic rings. The van der Waals surface area contributed by atoms with Crippen LogP contribution in [0.5, 0.6) is 0 Å². The second-order valence-corrected chi connectivity index (χ2v) is 5.28. The Kier molecular flexibility index (Phi) is 6.26. The maximum atomic E-state index is 5.78. The smallest absolute Gasteiger partial charge is 0.0506 e. The lowest BCUT2D eigenvalue weighted by Gasteiger charge is -2.19. The second-order valence-electron chi connectivity index (χ2n) is 5.28. The Morgan fingerprint density at radius 1 is 1.33 bits per heavy atom. The van der Waals surface area contributed by atoms with Gasteiger partial charge in [-0.05, 0) is 43.6 Å². The molecular weight excluding hydrogens is 186 g/mol. The van der Waals surface area contributed by atoms with Gasteiger partial charge in [-0.2, -0.15) is 0 Å². The predicted octanol–water partition coefficient (Wildman–Crippen LogP) is 2.68. The van der Waals surface area contributed by atoms with Gasteiger partial charge in [0.25, 0.3) is 0 Å². The van der Waals surface area contributed by atoms with Crippen molar-refractivity contribution in [3.05, 3.63) is 0 Å². The van der Waals surface area contributed by atoms with Crippen molar-refractivity contribution in [2.24, 2.45) is 17.8 Å². The van der Waals surface area contributed by atoms with Crippen LogP contribution in [0.2, 0.25) is 0 Å². The Bertz CT molecular complexity index is 155. The lowest BCUT2D eigenvalue weighted by molar-refractivity contribution is 0.0839. The first kappa shape index (κ1) is 13.0. The van der Waals surface area contributed by atoms with E-state index in [1.807, 2.05) is 0 Å². The topological polar surface area (TPSA) is 21.3 Å². The molecule has 1 aliphatic rings. The van der Waals surface area contributed by atoms with E-state index in [2.05, 4.69) is 26.1 Å². The lowest BCUT2D eigenvalue weighted by Crippen LogP contribution is -2.27. The van der Waals surface area contributed by atoms with Crippen LogP contribution < -0.4 is 5.32 Å². The van der Waals surface area contributed by atoms with Crippen molar-refractivity contribution in [1.82, 2.24) is 5.32 Å². The van der Waals surface area contributed by atoms with E-state index >= 15 is 0 Å². The molecule has 0 heterocycles. The summed E-state index contributed by atoms with van der Waals surface area (Å²) in [5.41, 5.74) is 0. The first-order chi connectivity index (χ1) is 7.22. The molecule has 1 N–H and O–H groups in total. The second kappa shape index (κ2) is 7.24. The van der Waals surface area contributed by atoms with Crippen molar-refractivity contribution < 1.29 is 4.74 Å². The van der Waals surface area contributed by atoms with Crippen LogP contribution in [0.1, 0.15) is 40.0 Å². The highest BCUT2D eigenvalue weighted by Gasteiger charge is 2.21. The van der Waals surface area contributed by atoms with Crippen molar-refractivity contribution in [1.29, 1.82) is 0 Å².